The van der Waals surface area contributed by atoms with Crippen molar-refractivity contribution in [3.05, 3.63) is 39.7 Å². The minimum Gasteiger partial charge on any atom is -0.440 e. The molecule has 0 bridgehead atoms. The molecule has 1 amide bonds. The summed E-state index contributed by atoms with van der Waals surface area (Å²) in [5.41, 5.74) is 0.272. The smallest absolute Gasteiger partial charge is 0.290 e. The molecular formula is C16H18ClN3O2S. The van der Waals surface area contributed by atoms with E-state index in [1.54, 1.807) is 29.7 Å². The van der Waals surface area contributed by atoms with Crippen molar-refractivity contribution in [3.63, 3.8) is 0 Å². The van der Waals surface area contributed by atoms with Gasteiger partial charge in [0, 0.05) is 17.6 Å². The molecule has 7 heteroatoms. The highest BCUT2D eigenvalue weighted by molar-refractivity contribution is 7.09. The maximum atomic E-state index is 12.9. The summed E-state index contributed by atoms with van der Waals surface area (Å²) >= 11 is 7.41. The fourth-order valence-corrected chi connectivity index (χ4v) is 4.36. The van der Waals surface area contributed by atoms with Crippen LogP contribution in [-0.2, 0) is 6.54 Å². The second-order valence-electron chi connectivity index (χ2n) is 6.29. The molecule has 2 aliphatic rings. The number of carbonyl (C=O) groups is 1. The Morgan fingerprint density at radius 2 is 2.30 bits per heavy atom. The molecule has 0 radical (unpaired) electrons. The standard InChI is InChI=1S/C16H18ClN3O2S/c17-13-2-1-11(22-13)15(21)20(10-14-19-7-8-23-14)12-9-16(12)3-5-18-6-4-16/h1-2,7-8,12,18H,3-6,9-10H2. The zero-order chi connectivity index (χ0) is 15.9. The number of nitrogens with one attached hydrogen (secondary N) is 1. The molecule has 2 aromatic rings. The zero-order valence-corrected chi connectivity index (χ0v) is 14.2. The lowest BCUT2D eigenvalue weighted by molar-refractivity contribution is 0.0660. The number of nitrogens with zero attached hydrogens (tertiary/aromatic N) is 2. The van der Waals surface area contributed by atoms with Crippen molar-refractivity contribution in [1.82, 2.24) is 15.2 Å². The normalized spacial score (nSPS) is 22.2. The molecule has 0 aromatic carbocycles. The monoisotopic (exact) mass is 351 g/mol. The average molecular weight is 352 g/mol. The van der Waals surface area contributed by atoms with Gasteiger partial charge in [-0.15, -0.1) is 11.3 Å². The number of thiazole rings is 1. The molecule has 1 aliphatic heterocycles. The summed E-state index contributed by atoms with van der Waals surface area (Å²) in [5.74, 6) is 0.218. The van der Waals surface area contributed by atoms with Crippen LogP contribution in [0.3, 0.4) is 0 Å². The maximum absolute atomic E-state index is 12.9. The zero-order valence-electron chi connectivity index (χ0n) is 12.6. The fourth-order valence-electron chi connectivity index (χ4n) is 3.60. The van der Waals surface area contributed by atoms with Gasteiger partial charge >= 0.3 is 0 Å². The number of hydrogen-bond donors (Lipinski definition) is 1. The van der Waals surface area contributed by atoms with Crippen LogP contribution in [0.25, 0.3) is 0 Å². The van der Waals surface area contributed by atoms with E-state index in [4.69, 9.17) is 16.0 Å². The van der Waals surface area contributed by atoms with Crippen molar-refractivity contribution >= 4 is 28.8 Å². The van der Waals surface area contributed by atoms with E-state index in [9.17, 15) is 4.79 Å². The highest BCUT2D eigenvalue weighted by atomic mass is 35.5. The summed E-state index contributed by atoms with van der Waals surface area (Å²) in [6.07, 6.45) is 5.09. The van der Waals surface area contributed by atoms with Crippen LogP contribution in [0.1, 0.15) is 34.8 Å². The maximum Gasteiger partial charge on any atom is 0.290 e. The van der Waals surface area contributed by atoms with Crippen LogP contribution in [-0.4, -0.2) is 34.9 Å². The van der Waals surface area contributed by atoms with E-state index >= 15 is 0 Å². The third kappa shape index (κ3) is 2.91. The summed E-state index contributed by atoms with van der Waals surface area (Å²) in [6, 6.07) is 3.53. The van der Waals surface area contributed by atoms with Crippen molar-refractivity contribution in [2.45, 2.75) is 31.8 Å². The predicted molar refractivity (Wildman–Crippen MR) is 88.6 cm³/mol. The SMILES string of the molecule is O=C(c1ccc(Cl)o1)N(Cc1nccs1)C1CC12CCNCC2. The molecule has 4 rings (SSSR count). The molecule has 1 N–H and O–H groups in total. The summed E-state index contributed by atoms with van der Waals surface area (Å²) in [7, 11) is 0. The van der Waals surface area contributed by atoms with Crippen LogP contribution in [0.4, 0.5) is 0 Å². The van der Waals surface area contributed by atoms with E-state index in [-0.39, 0.29) is 22.6 Å². The first kappa shape index (κ1) is 15.2. The molecule has 5 nitrogen and oxygen atoms in total. The number of rotatable bonds is 4. The molecule has 122 valence electrons. The molecule has 23 heavy (non-hydrogen) atoms. The van der Waals surface area contributed by atoms with E-state index in [2.05, 4.69) is 10.3 Å². The molecule has 2 aromatic heterocycles. The van der Waals surface area contributed by atoms with Gasteiger partial charge in [-0.2, -0.15) is 0 Å². The van der Waals surface area contributed by atoms with Crippen LogP contribution in [0.5, 0.6) is 0 Å². The Balaban J connectivity index is 1.58. The van der Waals surface area contributed by atoms with Crippen LogP contribution in [0.15, 0.2) is 28.1 Å². The topological polar surface area (TPSA) is 58.4 Å². The van der Waals surface area contributed by atoms with Crippen LogP contribution < -0.4 is 5.32 Å². The summed E-state index contributed by atoms with van der Waals surface area (Å²) in [6.45, 7) is 2.60. The van der Waals surface area contributed by atoms with E-state index in [1.807, 2.05) is 10.3 Å². The highest BCUT2D eigenvalue weighted by Gasteiger charge is 2.58. The largest absolute Gasteiger partial charge is 0.440 e. The van der Waals surface area contributed by atoms with E-state index in [0.717, 1.165) is 37.4 Å². The quantitative estimate of drug-likeness (QED) is 0.919. The van der Waals surface area contributed by atoms with E-state index in [0.29, 0.717) is 12.3 Å². The fraction of sp³-hybridized carbons (Fsp3) is 0.500. The summed E-state index contributed by atoms with van der Waals surface area (Å²) in [4.78, 5) is 19.2. The molecule has 1 saturated heterocycles. The Hall–Kier alpha value is -1.37. The summed E-state index contributed by atoms with van der Waals surface area (Å²) < 4.78 is 5.34. The van der Waals surface area contributed by atoms with Gasteiger partial charge in [0.25, 0.3) is 5.91 Å². The lowest BCUT2D eigenvalue weighted by atomic mass is 9.93. The summed E-state index contributed by atoms with van der Waals surface area (Å²) in [5, 5.41) is 6.54. The average Bonchev–Trinajstić information content (AvgIpc) is 2.97. The molecule has 1 unspecified atom stereocenters. The lowest BCUT2D eigenvalue weighted by Crippen LogP contribution is -2.39. The van der Waals surface area contributed by atoms with E-state index < -0.39 is 0 Å². The minimum absolute atomic E-state index is 0.0903. The Morgan fingerprint density at radius 1 is 1.48 bits per heavy atom. The van der Waals surface area contributed by atoms with Gasteiger partial charge in [-0.3, -0.25) is 4.79 Å². The Kier molecular flexibility index (Phi) is 3.91. The van der Waals surface area contributed by atoms with Crippen LogP contribution >= 0.6 is 22.9 Å². The molecule has 1 aliphatic carbocycles. The van der Waals surface area contributed by atoms with Gasteiger partial charge in [-0.05, 0) is 61.5 Å². The van der Waals surface area contributed by atoms with Crippen molar-refractivity contribution in [1.29, 1.82) is 0 Å². The second kappa shape index (κ2) is 5.92. The number of carbonyl (C=O) groups excluding carboxylic acids is 1. The lowest BCUT2D eigenvalue weighted by Gasteiger charge is -2.28. The van der Waals surface area contributed by atoms with Crippen molar-refractivity contribution in [3.8, 4) is 0 Å². The molecule has 1 saturated carbocycles. The predicted octanol–water partition coefficient (Wildman–Crippen LogP) is 3.17. The van der Waals surface area contributed by atoms with Gasteiger partial charge in [-0.1, -0.05) is 0 Å². The first-order valence-corrected chi connectivity index (χ1v) is 9.09. The van der Waals surface area contributed by atoms with Crippen LogP contribution in [0.2, 0.25) is 5.22 Å². The molecule has 3 heterocycles. The van der Waals surface area contributed by atoms with Gasteiger partial charge in [0.15, 0.2) is 11.0 Å². The van der Waals surface area contributed by atoms with Crippen molar-refractivity contribution in [2.24, 2.45) is 5.41 Å². The Labute approximate surface area is 143 Å². The van der Waals surface area contributed by atoms with Crippen molar-refractivity contribution in [2.75, 3.05) is 13.1 Å². The van der Waals surface area contributed by atoms with Crippen LogP contribution in [0, 0.1) is 5.41 Å². The Morgan fingerprint density at radius 3 is 2.96 bits per heavy atom. The molecule has 1 atom stereocenters. The number of amides is 1. The molecular weight excluding hydrogens is 334 g/mol. The number of aromatic nitrogens is 1. The van der Waals surface area contributed by atoms with E-state index in [1.165, 1.54) is 0 Å². The molecule has 1 spiro atoms. The number of furan rings is 1. The third-order valence-corrected chi connectivity index (χ3v) is 5.92. The first-order chi connectivity index (χ1) is 11.2. The highest BCUT2D eigenvalue weighted by Crippen LogP contribution is 2.56. The van der Waals surface area contributed by atoms with Gasteiger partial charge in [0.05, 0.1) is 6.54 Å². The van der Waals surface area contributed by atoms with Gasteiger partial charge in [0.1, 0.15) is 5.01 Å². The second-order valence-corrected chi connectivity index (χ2v) is 7.65. The minimum atomic E-state index is -0.0903. The molecule has 2 fully saturated rings. The van der Waals surface area contributed by atoms with Crippen molar-refractivity contribution < 1.29 is 9.21 Å². The van der Waals surface area contributed by atoms with Gasteiger partial charge < -0.3 is 14.6 Å². The number of hydrogen-bond acceptors (Lipinski definition) is 5. The van der Waals surface area contributed by atoms with Gasteiger partial charge in [-0.25, -0.2) is 4.98 Å². The van der Waals surface area contributed by atoms with Gasteiger partial charge in [0.2, 0.25) is 0 Å². The number of piperidine rings is 1. The number of halogens is 1. The third-order valence-electron chi connectivity index (χ3n) is 4.96. The Bertz CT molecular complexity index is 694. The first-order valence-electron chi connectivity index (χ1n) is 7.83.